The fraction of sp³-hybridized carbons (Fsp3) is 1.00. The SMILES string of the molecule is [CH3][Ge]1([CH3])[CH2]SSS[CH2]1. The van der Waals surface area contributed by atoms with Crippen molar-refractivity contribution in [2.75, 3.05) is 9.17 Å². The van der Waals surface area contributed by atoms with Crippen molar-refractivity contribution in [2.24, 2.45) is 0 Å². The van der Waals surface area contributed by atoms with Gasteiger partial charge in [0.2, 0.25) is 0 Å². The average molecular weight is 227 g/mol. The van der Waals surface area contributed by atoms with Crippen LogP contribution in [0.3, 0.4) is 0 Å². The standard InChI is InChI=1S/C4H10GeS3/c1-5(2)3-6-8-7-4-5/h3-4H2,1-2H3. The zero-order valence-corrected chi connectivity index (χ0v) is 9.69. The molecule has 0 radical (unpaired) electrons. The first-order valence-electron chi connectivity index (χ1n) is 2.62. The Morgan fingerprint density at radius 3 is 1.88 bits per heavy atom. The van der Waals surface area contributed by atoms with Crippen molar-refractivity contribution in [2.45, 2.75) is 11.5 Å². The molecule has 0 aromatic heterocycles. The van der Waals surface area contributed by atoms with Crippen LogP contribution in [0.2, 0.25) is 11.5 Å². The molecule has 48 valence electrons. The van der Waals surface area contributed by atoms with Crippen LogP contribution in [-0.4, -0.2) is 22.4 Å². The van der Waals surface area contributed by atoms with Crippen molar-refractivity contribution in [3.63, 3.8) is 0 Å². The summed E-state index contributed by atoms with van der Waals surface area (Å²) in [6, 6.07) is 0. The normalized spacial score (nSPS) is 27.8. The van der Waals surface area contributed by atoms with Crippen LogP contribution in [0.4, 0.5) is 0 Å². The third-order valence-electron chi connectivity index (χ3n) is 0.996. The summed E-state index contributed by atoms with van der Waals surface area (Å²) in [6.45, 7) is 0. The Hall–Kier alpha value is 1.59. The molecule has 4 heteroatoms. The molecule has 0 aromatic rings. The maximum atomic E-state index is 2.51. The molecular formula is C4H10GeS3. The first kappa shape index (κ1) is 7.70. The predicted molar refractivity (Wildman–Crippen MR) is 50.0 cm³/mol. The van der Waals surface area contributed by atoms with Gasteiger partial charge in [-0.15, -0.1) is 0 Å². The van der Waals surface area contributed by atoms with E-state index in [1.165, 1.54) is 9.17 Å². The molecule has 8 heavy (non-hydrogen) atoms. The quantitative estimate of drug-likeness (QED) is 0.461. The molecule has 0 amide bonds. The fourth-order valence-corrected chi connectivity index (χ4v) is 24.5. The van der Waals surface area contributed by atoms with Gasteiger partial charge in [0.25, 0.3) is 0 Å². The van der Waals surface area contributed by atoms with Crippen LogP contribution < -0.4 is 0 Å². The summed E-state index contributed by atoms with van der Waals surface area (Å²) in [5.41, 5.74) is 0. The van der Waals surface area contributed by atoms with E-state index >= 15 is 0 Å². The predicted octanol–water partition coefficient (Wildman–Crippen LogP) is 2.82. The average Bonchev–Trinajstić information content (AvgIpc) is 1.65. The molecule has 0 unspecified atom stereocenters. The number of hydrogen-bond donors (Lipinski definition) is 0. The van der Waals surface area contributed by atoms with Gasteiger partial charge in [0.15, 0.2) is 0 Å². The van der Waals surface area contributed by atoms with Gasteiger partial charge in [-0.2, -0.15) is 0 Å². The zero-order valence-electron chi connectivity index (χ0n) is 5.14. The van der Waals surface area contributed by atoms with Crippen molar-refractivity contribution in [1.29, 1.82) is 0 Å². The van der Waals surface area contributed by atoms with Crippen molar-refractivity contribution in [3.8, 4) is 0 Å². The van der Waals surface area contributed by atoms with E-state index in [-0.39, 0.29) is 0 Å². The summed E-state index contributed by atoms with van der Waals surface area (Å²) in [7, 11) is 6.11. The van der Waals surface area contributed by atoms with E-state index in [4.69, 9.17) is 0 Å². The van der Waals surface area contributed by atoms with E-state index < -0.39 is 13.3 Å². The fourth-order valence-electron chi connectivity index (χ4n) is 0.443. The molecule has 0 spiro atoms. The van der Waals surface area contributed by atoms with Gasteiger partial charge in [-0.3, -0.25) is 0 Å². The number of hydrogen-bond acceptors (Lipinski definition) is 3. The third-order valence-corrected chi connectivity index (χ3v) is 20.3. The van der Waals surface area contributed by atoms with E-state index in [9.17, 15) is 0 Å². The molecule has 0 saturated carbocycles. The monoisotopic (exact) mass is 228 g/mol. The molecule has 0 aromatic carbocycles. The van der Waals surface area contributed by atoms with Crippen molar-refractivity contribution < 1.29 is 0 Å². The molecule has 0 N–H and O–H groups in total. The van der Waals surface area contributed by atoms with Crippen LogP contribution in [0.25, 0.3) is 0 Å². The molecule has 0 atom stereocenters. The Balaban J connectivity index is 2.33. The van der Waals surface area contributed by atoms with Gasteiger partial charge in [0.1, 0.15) is 0 Å². The van der Waals surface area contributed by atoms with Crippen LogP contribution in [0.1, 0.15) is 0 Å². The summed E-state index contributed by atoms with van der Waals surface area (Å²) in [5, 5.41) is 0. The van der Waals surface area contributed by atoms with E-state index in [2.05, 4.69) is 33.1 Å². The van der Waals surface area contributed by atoms with E-state index in [0.29, 0.717) is 0 Å². The second-order valence-electron chi connectivity index (χ2n) is 2.76. The summed E-state index contributed by atoms with van der Waals surface area (Å²) in [4.78, 5) is 0. The van der Waals surface area contributed by atoms with Gasteiger partial charge in [-0.05, 0) is 0 Å². The van der Waals surface area contributed by atoms with Gasteiger partial charge >= 0.3 is 65.4 Å². The number of rotatable bonds is 0. The van der Waals surface area contributed by atoms with Gasteiger partial charge in [0.05, 0.1) is 0 Å². The van der Waals surface area contributed by atoms with Crippen LogP contribution in [0.5, 0.6) is 0 Å². The van der Waals surface area contributed by atoms with E-state index in [0.717, 1.165) is 0 Å². The van der Waals surface area contributed by atoms with Crippen LogP contribution in [-0.2, 0) is 0 Å². The van der Waals surface area contributed by atoms with Crippen molar-refractivity contribution in [1.82, 2.24) is 0 Å². The Labute approximate surface area is 65.1 Å². The Morgan fingerprint density at radius 2 is 1.62 bits per heavy atom. The summed E-state index contributed by atoms with van der Waals surface area (Å²) in [5.74, 6) is 5.03. The molecule has 0 aliphatic carbocycles. The molecule has 1 fully saturated rings. The van der Waals surface area contributed by atoms with Crippen LogP contribution in [0, 0.1) is 0 Å². The maximum absolute atomic E-state index is 2.51. The van der Waals surface area contributed by atoms with Crippen molar-refractivity contribution >= 4 is 44.7 Å². The summed E-state index contributed by atoms with van der Waals surface area (Å²) >= 11 is -1.13. The van der Waals surface area contributed by atoms with Gasteiger partial charge in [-0.25, -0.2) is 0 Å². The molecule has 0 bridgehead atoms. The van der Waals surface area contributed by atoms with Crippen LogP contribution in [0.15, 0.2) is 0 Å². The van der Waals surface area contributed by atoms with Crippen molar-refractivity contribution in [3.05, 3.63) is 0 Å². The molecular weight excluding hydrogens is 217 g/mol. The minimum absolute atomic E-state index is 1.13. The second-order valence-corrected chi connectivity index (χ2v) is 19.7. The Kier molecular flexibility index (Phi) is 3.01. The third kappa shape index (κ3) is 2.46. The van der Waals surface area contributed by atoms with Gasteiger partial charge in [-0.1, -0.05) is 0 Å². The first-order valence-corrected chi connectivity index (χ1v) is 13.6. The molecule has 1 aliphatic heterocycles. The molecule has 1 heterocycles. The Bertz CT molecular complexity index is 75.4. The topological polar surface area (TPSA) is 0 Å². The van der Waals surface area contributed by atoms with Gasteiger partial charge in [0, 0.05) is 0 Å². The zero-order chi connectivity index (χ0) is 6.04. The van der Waals surface area contributed by atoms with E-state index in [1.807, 2.05) is 9.83 Å². The summed E-state index contributed by atoms with van der Waals surface area (Å²) < 4.78 is 3.00. The molecule has 1 saturated heterocycles. The summed E-state index contributed by atoms with van der Waals surface area (Å²) in [6.07, 6.45) is 0. The molecule has 1 rings (SSSR count). The van der Waals surface area contributed by atoms with E-state index in [1.54, 1.807) is 0 Å². The Morgan fingerprint density at radius 1 is 1.12 bits per heavy atom. The molecule has 0 nitrogen and oxygen atoms in total. The minimum atomic E-state index is -1.13. The molecule has 1 aliphatic rings. The van der Waals surface area contributed by atoms with Gasteiger partial charge < -0.3 is 0 Å². The van der Waals surface area contributed by atoms with Crippen LogP contribution >= 0.6 is 31.4 Å². The first-order chi connectivity index (χ1) is 3.71. The second kappa shape index (κ2) is 3.12.